The highest BCUT2D eigenvalue weighted by molar-refractivity contribution is 6.37. The normalized spacial score (nSPS) is 19.9. The van der Waals surface area contributed by atoms with Crippen LogP contribution < -0.4 is 10.6 Å². The van der Waals surface area contributed by atoms with Crippen LogP contribution in [0.2, 0.25) is 0 Å². The maximum absolute atomic E-state index is 14.0. The van der Waals surface area contributed by atoms with Gasteiger partial charge in [0.1, 0.15) is 11.4 Å². The van der Waals surface area contributed by atoms with E-state index in [9.17, 15) is 18.8 Å². The Morgan fingerprint density at radius 1 is 1.15 bits per heavy atom. The van der Waals surface area contributed by atoms with E-state index in [2.05, 4.69) is 20.5 Å². The van der Waals surface area contributed by atoms with Gasteiger partial charge in [0, 0.05) is 61.4 Å². The summed E-state index contributed by atoms with van der Waals surface area (Å²) in [6.45, 7) is 12.6. The van der Waals surface area contributed by atoms with Gasteiger partial charge in [0.05, 0.1) is 11.1 Å². The Morgan fingerprint density at radius 2 is 1.87 bits per heavy atom. The number of anilines is 1. The SMILES string of the molecule is Cc1[nH]c2c(c1C(=O)N[C@H](C)CN1CCN(C(=O)OC(C)(C)C)CC1)CC/C2=C1/C(=O)Nc2ccc(F)cc21. The molecule has 39 heavy (non-hydrogen) atoms. The second-order valence-corrected chi connectivity index (χ2v) is 11.6. The first-order valence-corrected chi connectivity index (χ1v) is 13.5. The number of benzene rings is 1. The molecule has 0 unspecified atom stereocenters. The average Bonchev–Trinajstić information content (AvgIpc) is 3.48. The molecule has 1 saturated heterocycles. The zero-order valence-electron chi connectivity index (χ0n) is 23.2. The highest BCUT2D eigenvalue weighted by Crippen LogP contribution is 2.44. The van der Waals surface area contributed by atoms with E-state index in [1.54, 1.807) is 11.0 Å². The van der Waals surface area contributed by atoms with Gasteiger partial charge >= 0.3 is 6.09 Å². The summed E-state index contributed by atoms with van der Waals surface area (Å²) in [6.07, 6.45) is 0.927. The number of aromatic nitrogens is 1. The van der Waals surface area contributed by atoms with Crippen molar-refractivity contribution in [1.82, 2.24) is 20.1 Å². The van der Waals surface area contributed by atoms with Gasteiger partial charge in [-0.1, -0.05) is 0 Å². The quantitative estimate of drug-likeness (QED) is 0.513. The molecule has 10 heteroatoms. The number of aryl methyl sites for hydroxylation is 1. The average molecular weight is 538 g/mol. The van der Waals surface area contributed by atoms with Crippen LogP contribution in [-0.4, -0.2) is 77.1 Å². The Kier molecular flexibility index (Phi) is 7.00. The van der Waals surface area contributed by atoms with E-state index in [4.69, 9.17) is 4.74 Å². The molecule has 5 rings (SSSR count). The molecule has 1 aromatic carbocycles. The fourth-order valence-corrected chi connectivity index (χ4v) is 5.72. The molecule has 1 atom stereocenters. The number of carbonyl (C=O) groups excluding carboxylic acids is 3. The largest absolute Gasteiger partial charge is 0.444 e. The molecule has 3 amide bonds. The molecular formula is C29H36FN5O4. The molecule has 1 aliphatic carbocycles. The van der Waals surface area contributed by atoms with Crippen molar-refractivity contribution in [2.24, 2.45) is 0 Å². The van der Waals surface area contributed by atoms with Gasteiger partial charge in [0.2, 0.25) is 0 Å². The van der Waals surface area contributed by atoms with Crippen molar-refractivity contribution in [2.75, 3.05) is 38.0 Å². The standard InChI is InChI=1S/C29H36FN5O4/c1-16(15-34-10-12-35(13-11-34)28(38)39-29(3,4)5)31-26(36)23-17(2)32-25-19(23)7-8-20(25)24-21-14-18(30)6-9-22(21)33-27(24)37/h6,9,14,16,32H,7-8,10-13,15H2,1-5H3,(H,31,36)(H,33,37)/b24-20-/t16-/m1/s1. The van der Waals surface area contributed by atoms with Crippen LogP contribution in [0.3, 0.4) is 0 Å². The van der Waals surface area contributed by atoms with Crippen LogP contribution in [0.5, 0.6) is 0 Å². The van der Waals surface area contributed by atoms with Crippen molar-refractivity contribution in [2.45, 2.75) is 59.1 Å². The lowest BCUT2D eigenvalue weighted by Crippen LogP contribution is -2.53. The number of aromatic amines is 1. The van der Waals surface area contributed by atoms with Crippen molar-refractivity contribution in [3.05, 3.63) is 52.1 Å². The summed E-state index contributed by atoms with van der Waals surface area (Å²) in [7, 11) is 0. The minimum atomic E-state index is -0.521. The van der Waals surface area contributed by atoms with Gasteiger partial charge in [-0.25, -0.2) is 9.18 Å². The van der Waals surface area contributed by atoms with Crippen molar-refractivity contribution in [3.8, 4) is 0 Å². The molecule has 2 aliphatic heterocycles. The van der Waals surface area contributed by atoms with Crippen molar-refractivity contribution >= 4 is 34.7 Å². The maximum atomic E-state index is 14.0. The topological polar surface area (TPSA) is 107 Å². The van der Waals surface area contributed by atoms with Gasteiger partial charge in [-0.3, -0.25) is 14.5 Å². The fourth-order valence-electron chi connectivity index (χ4n) is 5.72. The number of rotatable bonds is 4. The number of halogens is 1. The monoisotopic (exact) mass is 537 g/mol. The zero-order valence-corrected chi connectivity index (χ0v) is 23.2. The van der Waals surface area contributed by atoms with E-state index in [0.29, 0.717) is 68.0 Å². The number of H-pyrrole nitrogens is 1. The molecule has 3 N–H and O–H groups in total. The van der Waals surface area contributed by atoms with Gasteiger partial charge in [-0.15, -0.1) is 0 Å². The summed E-state index contributed by atoms with van der Waals surface area (Å²) in [5, 5.41) is 5.95. The van der Waals surface area contributed by atoms with Gasteiger partial charge < -0.3 is 25.3 Å². The smallest absolute Gasteiger partial charge is 0.410 e. The van der Waals surface area contributed by atoms with Crippen molar-refractivity contribution < 1.29 is 23.5 Å². The van der Waals surface area contributed by atoms with Crippen molar-refractivity contribution in [3.63, 3.8) is 0 Å². The van der Waals surface area contributed by atoms with Crippen LogP contribution in [0.15, 0.2) is 18.2 Å². The molecule has 1 fully saturated rings. The zero-order chi connectivity index (χ0) is 28.1. The van der Waals surface area contributed by atoms with Crippen LogP contribution in [0.25, 0.3) is 11.1 Å². The second kappa shape index (κ2) is 10.1. The van der Waals surface area contributed by atoms with Gasteiger partial charge in [-0.2, -0.15) is 0 Å². The molecule has 2 aromatic rings. The predicted octanol–water partition coefficient (Wildman–Crippen LogP) is 3.94. The maximum Gasteiger partial charge on any atom is 0.410 e. The number of amides is 3. The molecule has 9 nitrogen and oxygen atoms in total. The van der Waals surface area contributed by atoms with E-state index in [-0.39, 0.29) is 23.9 Å². The summed E-state index contributed by atoms with van der Waals surface area (Å²) in [5.74, 6) is -0.805. The lowest BCUT2D eigenvalue weighted by Gasteiger charge is -2.36. The third-order valence-electron chi connectivity index (χ3n) is 7.41. The summed E-state index contributed by atoms with van der Waals surface area (Å²) >= 11 is 0. The van der Waals surface area contributed by atoms with Crippen LogP contribution >= 0.6 is 0 Å². The number of piperazine rings is 1. The number of hydrogen-bond donors (Lipinski definition) is 3. The molecule has 3 aliphatic rings. The Morgan fingerprint density at radius 3 is 2.56 bits per heavy atom. The predicted molar refractivity (Wildman–Crippen MR) is 147 cm³/mol. The highest BCUT2D eigenvalue weighted by Gasteiger charge is 2.35. The first kappa shape index (κ1) is 26.9. The molecule has 1 aromatic heterocycles. The third-order valence-corrected chi connectivity index (χ3v) is 7.41. The Hall–Kier alpha value is -3.66. The van der Waals surface area contributed by atoms with E-state index in [1.807, 2.05) is 34.6 Å². The number of fused-ring (bicyclic) bond motifs is 2. The lowest BCUT2D eigenvalue weighted by atomic mass is 9.99. The van der Waals surface area contributed by atoms with Crippen LogP contribution in [0.4, 0.5) is 14.9 Å². The fraction of sp³-hybridized carbons (Fsp3) is 0.483. The van der Waals surface area contributed by atoms with E-state index in [1.165, 1.54) is 12.1 Å². The molecule has 0 radical (unpaired) electrons. The van der Waals surface area contributed by atoms with Gasteiger partial charge in [-0.05, 0) is 76.8 Å². The highest BCUT2D eigenvalue weighted by atomic mass is 19.1. The Labute approximate surface area is 227 Å². The van der Waals surface area contributed by atoms with Crippen LogP contribution in [0.1, 0.15) is 67.0 Å². The number of allylic oxidation sites excluding steroid dienone is 1. The third kappa shape index (κ3) is 5.43. The first-order valence-electron chi connectivity index (χ1n) is 13.5. The number of ether oxygens (including phenoxy) is 1. The first-order chi connectivity index (χ1) is 18.4. The van der Waals surface area contributed by atoms with Crippen molar-refractivity contribution in [1.29, 1.82) is 0 Å². The molecule has 3 heterocycles. The summed E-state index contributed by atoms with van der Waals surface area (Å²) in [6, 6.07) is 4.18. The second-order valence-electron chi connectivity index (χ2n) is 11.6. The van der Waals surface area contributed by atoms with E-state index < -0.39 is 11.4 Å². The van der Waals surface area contributed by atoms with E-state index in [0.717, 1.165) is 22.5 Å². The Balaban J connectivity index is 1.25. The molecule has 208 valence electrons. The molecule has 0 bridgehead atoms. The summed E-state index contributed by atoms with van der Waals surface area (Å²) < 4.78 is 19.4. The number of nitrogens with one attached hydrogen (secondary N) is 3. The minimum absolute atomic E-state index is 0.106. The summed E-state index contributed by atoms with van der Waals surface area (Å²) in [4.78, 5) is 45.8. The number of hydrogen-bond acceptors (Lipinski definition) is 5. The van der Waals surface area contributed by atoms with Crippen LogP contribution in [-0.2, 0) is 16.0 Å². The van der Waals surface area contributed by atoms with E-state index >= 15 is 0 Å². The number of carbonyl (C=O) groups is 3. The lowest BCUT2D eigenvalue weighted by molar-refractivity contribution is -0.110. The Bertz CT molecular complexity index is 1360. The molecule has 0 spiro atoms. The molecule has 0 saturated carbocycles. The summed E-state index contributed by atoms with van der Waals surface area (Å²) in [5.41, 5.74) is 4.94. The molecular weight excluding hydrogens is 501 g/mol. The van der Waals surface area contributed by atoms with Crippen LogP contribution in [0, 0.1) is 12.7 Å². The number of nitrogens with zero attached hydrogens (tertiary/aromatic N) is 2. The van der Waals surface area contributed by atoms with Gasteiger partial charge in [0.25, 0.3) is 11.8 Å². The van der Waals surface area contributed by atoms with Gasteiger partial charge in [0.15, 0.2) is 0 Å². The minimum Gasteiger partial charge on any atom is -0.444 e.